The van der Waals surface area contributed by atoms with Gasteiger partial charge in [0.1, 0.15) is 0 Å². The molecular formula is C16H23F2N3O4. The van der Waals surface area contributed by atoms with Crippen LogP contribution >= 0.6 is 0 Å². The number of alkyl halides is 2. The molecule has 0 atom stereocenters. The number of ether oxygens (including phenoxy) is 2. The minimum atomic E-state index is -3.17. The van der Waals surface area contributed by atoms with E-state index in [1.807, 2.05) is 13.8 Å². The quantitative estimate of drug-likeness (QED) is 0.608. The van der Waals surface area contributed by atoms with Gasteiger partial charge in [0.2, 0.25) is 0 Å². The largest absolute Gasteiger partial charge is 0.493 e. The molecule has 1 aromatic carbocycles. The Morgan fingerprint density at radius 1 is 1.28 bits per heavy atom. The van der Waals surface area contributed by atoms with Gasteiger partial charge in [0.25, 0.3) is 17.7 Å². The van der Waals surface area contributed by atoms with Gasteiger partial charge in [-0.25, -0.2) is 8.78 Å². The van der Waals surface area contributed by atoms with Crippen molar-refractivity contribution in [3.05, 3.63) is 23.8 Å². The molecule has 0 saturated carbocycles. The molecule has 0 saturated heterocycles. The maximum absolute atomic E-state index is 13.1. The first-order valence-electron chi connectivity index (χ1n) is 7.65. The van der Waals surface area contributed by atoms with Crippen LogP contribution in [-0.4, -0.2) is 50.6 Å². The van der Waals surface area contributed by atoms with E-state index < -0.39 is 24.9 Å². The van der Waals surface area contributed by atoms with E-state index in [-0.39, 0.29) is 35.6 Å². The second-order valence-electron chi connectivity index (χ2n) is 5.62. The lowest BCUT2D eigenvalue weighted by atomic mass is 10.2. The normalized spacial score (nSPS) is 11.2. The first-order valence-corrected chi connectivity index (χ1v) is 7.65. The molecule has 9 heteroatoms. The van der Waals surface area contributed by atoms with E-state index in [1.54, 1.807) is 0 Å². The summed E-state index contributed by atoms with van der Waals surface area (Å²) in [6.07, 6.45) is 0. The summed E-state index contributed by atoms with van der Waals surface area (Å²) in [6, 6.07) is 4.13. The summed E-state index contributed by atoms with van der Waals surface area (Å²) in [5.74, 6) is -3.72. The zero-order chi connectivity index (χ0) is 19.0. The highest BCUT2D eigenvalue weighted by atomic mass is 19.3. The molecule has 0 aliphatic carbocycles. The lowest BCUT2D eigenvalue weighted by Crippen LogP contribution is -2.41. The number of methoxy groups -OCH3 is 1. The summed E-state index contributed by atoms with van der Waals surface area (Å²) < 4.78 is 36.6. The molecule has 0 aromatic heterocycles. The first-order chi connectivity index (χ1) is 11.7. The SMILES string of the molecule is COc1cc(C(=O)NCC(F)(F)CN)ccc1OCC(=O)NC(C)C. The van der Waals surface area contributed by atoms with Crippen molar-refractivity contribution in [1.29, 1.82) is 0 Å². The van der Waals surface area contributed by atoms with E-state index in [0.717, 1.165) is 0 Å². The summed E-state index contributed by atoms with van der Waals surface area (Å²) in [7, 11) is 1.36. The Kier molecular flexibility index (Phi) is 7.56. The topological polar surface area (TPSA) is 103 Å². The Morgan fingerprint density at radius 2 is 1.96 bits per heavy atom. The number of carbonyl (C=O) groups is 2. The molecule has 1 rings (SSSR count). The van der Waals surface area contributed by atoms with Crippen molar-refractivity contribution in [3.8, 4) is 11.5 Å². The number of nitrogens with one attached hydrogen (secondary N) is 2. The van der Waals surface area contributed by atoms with Crippen LogP contribution in [0.3, 0.4) is 0 Å². The first kappa shape index (κ1) is 20.6. The van der Waals surface area contributed by atoms with Crippen molar-refractivity contribution in [2.75, 3.05) is 26.8 Å². The van der Waals surface area contributed by atoms with Crippen LogP contribution in [0.15, 0.2) is 18.2 Å². The number of rotatable bonds is 9. The van der Waals surface area contributed by atoms with Gasteiger partial charge in [-0.2, -0.15) is 0 Å². The molecule has 0 radical (unpaired) electrons. The maximum atomic E-state index is 13.1. The average Bonchev–Trinajstić information content (AvgIpc) is 2.57. The summed E-state index contributed by atoms with van der Waals surface area (Å²) in [5.41, 5.74) is 5.03. The molecule has 140 valence electrons. The number of benzene rings is 1. The predicted molar refractivity (Wildman–Crippen MR) is 88.1 cm³/mol. The molecule has 0 fully saturated rings. The van der Waals surface area contributed by atoms with Gasteiger partial charge in [0.15, 0.2) is 18.1 Å². The summed E-state index contributed by atoms with van der Waals surface area (Å²) in [6.45, 7) is 1.70. The lowest BCUT2D eigenvalue weighted by Gasteiger charge is -2.15. The standard InChI is InChI=1S/C16H23F2N3O4/c1-10(2)21-14(22)7-25-12-5-4-11(6-13(12)24-3)15(23)20-9-16(17,18)8-19/h4-6,10H,7-9,19H2,1-3H3,(H,20,23)(H,21,22). The van der Waals surface area contributed by atoms with Crippen LogP contribution in [0.1, 0.15) is 24.2 Å². The highest BCUT2D eigenvalue weighted by Gasteiger charge is 2.27. The van der Waals surface area contributed by atoms with Gasteiger partial charge in [-0.1, -0.05) is 0 Å². The zero-order valence-electron chi connectivity index (χ0n) is 14.4. The number of hydrogen-bond acceptors (Lipinski definition) is 5. The minimum absolute atomic E-state index is 0.0179. The second kappa shape index (κ2) is 9.16. The molecule has 0 heterocycles. The van der Waals surface area contributed by atoms with Gasteiger partial charge in [-0.05, 0) is 32.0 Å². The van der Waals surface area contributed by atoms with Crippen molar-refractivity contribution in [1.82, 2.24) is 10.6 Å². The molecule has 0 spiro atoms. The number of amides is 2. The molecule has 7 nitrogen and oxygen atoms in total. The van der Waals surface area contributed by atoms with Crippen LogP contribution < -0.4 is 25.8 Å². The summed E-state index contributed by atoms with van der Waals surface area (Å²) in [4.78, 5) is 23.5. The molecule has 2 amide bonds. The molecule has 0 unspecified atom stereocenters. The van der Waals surface area contributed by atoms with E-state index in [0.29, 0.717) is 0 Å². The van der Waals surface area contributed by atoms with Crippen molar-refractivity contribution in [2.24, 2.45) is 5.73 Å². The van der Waals surface area contributed by atoms with Gasteiger partial charge in [0, 0.05) is 11.6 Å². The van der Waals surface area contributed by atoms with Crippen LogP contribution in [0, 0.1) is 0 Å². The number of hydrogen-bond donors (Lipinski definition) is 3. The Labute approximate surface area is 144 Å². The van der Waals surface area contributed by atoms with E-state index in [4.69, 9.17) is 15.2 Å². The third kappa shape index (κ3) is 6.92. The van der Waals surface area contributed by atoms with E-state index in [1.165, 1.54) is 25.3 Å². The fourth-order valence-corrected chi connectivity index (χ4v) is 1.82. The van der Waals surface area contributed by atoms with E-state index >= 15 is 0 Å². The molecule has 0 bridgehead atoms. The van der Waals surface area contributed by atoms with Crippen LogP contribution in [0.25, 0.3) is 0 Å². The summed E-state index contributed by atoms with van der Waals surface area (Å²) in [5, 5.41) is 4.77. The zero-order valence-corrected chi connectivity index (χ0v) is 14.4. The Hall–Kier alpha value is -2.42. The molecule has 0 aliphatic rings. The minimum Gasteiger partial charge on any atom is -0.493 e. The maximum Gasteiger partial charge on any atom is 0.277 e. The molecule has 25 heavy (non-hydrogen) atoms. The monoisotopic (exact) mass is 359 g/mol. The molecule has 0 aliphatic heterocycles. The Morgan fingerprint density at radius 3 is 2.52 bits per heavy atom. The van der Waals surface area contributed by atoms with E-state index in [9.17, 15) is 18.4 Å². The molecule has 4 N–H and O–H groups in total. The summed E-state index contributed by atoms with van der Waals surface area (Å²) >= 11 is 0. The smallest absolute Gasteiger partial charge is 0.277 e. The van der Waals surface area contributed by atoms with Crippen LogP contribution in [0.5, 0.6) is 11.5 Å². The van der Waals surface area contributed by atoms with Gasteiger partial charge >= 0.3 is 0 Å². The van der Waals surface area contributed by atoms with Crippen molar-refractivity contribution < 1.29 is 27.8 Å². The van der Waals surface area contributed by atoms with Crippen molar-refractivity contribution in [2.45, 2.75) is 25.8 Å². The van der Waals surface area contributed by atoms with Crippen molar-refractivity contribution in [3.63, 3.8) is 0 Å². The highest BCUT2D eigenvalue weighted by molar-refractivity contribution is 5.95. The number of carbonyl (C=O) groups excluding carboxylic acids is 2. The fourth-order valence-electron chi connectivity index (χ4n) is 1.82. The van der Waals surface area contributed by atoms with Crippen LogP contribution in [-0.2, 0) is 4.79 Å². The number of nitrogens with two attached hydrogens (primary N) is 1. The fraction of sp³-hybridized carbons (Fsp3) is 0.500. The average molecular weight is 359 g/mol. The second-order valence-corrected chi connectivity index (χ2v) is 5.62. The van der Waals surface area contributed by atoms with Crippen LogP contribution in [0.4, 0.5) is 8.78 Å². The van der Waals surface area contributed by atoms with Gasteiger partial charge < -0.3 is 25.8 Å². The Bertz CT molecular complexity index is 609. The van der Waals surface area contributed by atoms with Crippen LogP contribution in [0.2, 0.25) is 0 Å². The van der Waals surface area contributed by atoms with Crippen molar-refractivity contribution >= 4 is 11.8 Å². The highest BCUT2D eigenvalue weighted by Crippen LogP contribution is 2.28. The Balaban J connectivity index is 2.74. The lowest BCUT2D eigenvalue weighted by molar-refractivity contribution is -0.123. The third-order valence-electron chi connectivity index (χ3n) is 3.04. The van der Waals surface area contributed by atoms with E-state index in [2.05, 4.69) is 10.6 Å². The number of halogens is 2. The molecular weight excluding hydrogens is 336 g/mol. The van der Waals surface area contributed by atoms with Gasteiger partial charge in [0.05, 0.1) is 20.2 Å². The van der Waals surface area contributed by atoms with Gasteiger partial charge in [-0.3, -0.25) is 9.59 Å². The predicted octanol–water partition coefficient (Wildman–Crippen LogP) is 0.922. The molecule has 1 aromatic rings. The third-order valence-corrected chi connectivity index (χ3v) is 3.04. The van der Waals surface area contributed by atoms with Gasteiger partial charge in [-0.15, -0.1) is 0 Å².